The van der Waals surface area contributed by atoms with E-state index in [1.54, 1.807) is 20.8 Å². The van der Waals surface area contributed by atoms with E-state index in [-0.39, 0.29) is 5.91 Å². The maximum absolute atomic E-state index is 13.0. The summed E-state index contributed by atoms with van der Waals surface area (Å²) >= 11 is 0. The van der Waals surface area contributed by atoms with Crippen LogP contribution >= 0.6 is 0 Å². The molecule has 0 aliphatic heterocycles. The van der Waals surface area contributed by atoms with Crippen molar-refractivity contribution in [2.24, 2.45) is 5.73 Å². The lowest BCUT2D eigenvalue weighted by atomic mass is 10.1. The number of H-pyrrole nitrogens is 1. The predicted octanol–water partition coefficient (Wildman–Crippen LogP) is 2.55. The van der Waals surface area contributed by atoms with Crippen LogP contribution in [0.25, 0.3) is 10.9 Å². The monoisotopic (exact) mass is 474 g/mol. The molecule has 0 bridgehead atoms. The van der Waals surface area contributed by atoms with E-state index in [0.29, 0.717) is 12.2 Å². The van der Waals surface area contributed by atoms with Gasteiger partial charge in [-0.15, -0.1) is 0 Å². The molecule has 1 aromatic carbocycles. The Labute approximate surface area is 203 Å². The largest absolute Gasteiger partial charge is 0.444 e. The first-order valence-electron chi connectivity index (χ1n) is 12.3. The molecule has 2 aromatic rings. The summed E-state index contributed by atoms with van der Waals surface area (Å²) in [5, 5.41) is 13.4. The van der Waals surface area contributed by atoms with Crippen LogP contribution in [0.15, 0.2) is 30.3 Å². The van der Waals surface area contributed by atoms with Crippen molar-refractivity contribution in [3.05, 3.63) is 36.0 Å². The van der Waals surface area contributed by atoms with E-state index in [2.05, 4.69) is 26.3 Å². The highest BCUT2D eigenvalue weighted by Gasteiger charge is 2.27. The minimum Gasteiger partial charge on any atom is -0.444 e. The van der Waals surface area contributed by atoms with Crippen LogP contribution in [0.5, 0.6) is 0 Å². The van der Waals surface area contributed by atoms with Gasteiger partial charge in [0.05, 0.1) is 0 Å². The fraction of sp³-hybridized carbons (Fsp3) is 0.600. The molecule has 7 N–H and O–H groups in total. The Kier molecular flexibility index (Phi) is 11.9. The number of amides is 2. The van der Waals surface area contributed by atoms with E-state index in [0.717, 1.165) is 69.3 Å². The van der Waals surface area contributed by atoms with Crippen molar-refractivity contribution >= 4 is 22.9 Å². The third-order valence-electron chi connectivity index (χ3n) is 5.13. The van der Waals surface area contributed by atoms with Gasteiger partial charge in [-0.1, -0.05) is 18.2 Å². The first-order chi connectivity index (χ1) is 16.3. The van der Waals surface area contributed by atoms with Gasteiger partial charge in [-0.25, -0.2) is 4.79 Å². The second-order valence-corrected chi connectivity index (χ2v) is 9.39. The van der Waals surface area contributed by atoms with Crippen LogP contribution in [0.3, 0.4) is 0 Å². The van der Waals surface area contributed by atoms with Crippen molar-refractivity contribution in [2.75, 3.05) is 39.3 Å². The predicted molar refractivity (Wildman–Crippen MR) is 137 cm³/mol. The molecule has 190 valence electrons. The zero-order valence-electron chi connectivity index (χ0n) is 20.8. The average Bonchev–Trinajstić information content (AvgIpc) is 3.21. The molecule has 9 heteroatoms. The molecule has 0 fully saturated rings. The number of aromatic nitrogens is 1. The average molecular weight is 475 g/mol. The highest BCUT2D eigenvalue weighted by atomic mass is 16.6. The van der Waals surface area contributed by atoms with Crippen LogP contribution < -0.4 is 27.0 Å². The molecule has 34 heavy (non-hydrogen) atoms. The van der Waals surface area contributed by atoms with E-state index in [4.69, 9.17) is 10.5 Å². The number of rotatable bonds is 15. The number of hydrogen-bond donors (Lipinski definition) is 6. The number of hydrogen-bond acceptors (Lipinski definition) is 6. The molecule has 9 nitrogen and oxygen atoms in total. The molecular formula is C25H42N6O3. The summed E-state index contributed by atoms with van der Waals surface area (Å²) in [5.41, 5.74) is 6.33. The Bertz CT molecular complexity index is 844. The molecule has 2 rings (SSSR count). The summed E-state index contributed by atoms with van der Waals surface area (Å²) in [6.07, 6.45) is 3.40. The van der Waals surface area contributed by atoms with Gasteiger partial charge in [-0.2, -0.15) is 0 Å². The molecule has 0 saturated carbocycles. The smallest absolute Gasteiger partial charge is 0.408 e. The molecule has 0 radical (unpaired) electrons. The number of nitrogens with one attached hydrogen (secondary N) is 5. The molecule has 0 saturated heterocycles. The second kappa shape index (κ2) is 14.6. The minimum atomic E-state index is -0.873. The van der Waals surface area contributed by atoms with E-state index >= 15 is 0 Å². The van der Waals surface area contributed by atoms with E-state index < -0.39 is 17.7 Å². The zero-order chi connectivity index (χ0) is 24.8. The number of benzene rings is 1. The molecule has 2 amide bonds. The fourth-order valence-corrected chi connectivity index (χ4v) is 3.47. The van der Waals surface area contributed by atoms with Gasteiger partial charge in [0.1, 0.15) is 5.60 Å². The summed E-state index contributed by atoms with van der Waals surface area (Å²) in [6, 6.07) is 8.75. The van der Waals surface area contributed by atoms with Crippen molar-refractivity contribution in [1.29, 1.82) is 0 Å². The first-order valence-corrected chi connectivity index (χ1v) is 12.3. The topological polar surface area (TPSA) is 133 Å². The van der Waals surface area contributed by atoms with Crippen molar-refractivity contribution in [3.8, 4) is 0 Å². The zero-order valence-corrected chi connectivity index (χ0v) is 20.8. The molecule has 0 spiro atoms. The van der Waals surface area contributed by atoms with Crippen molar-refractivity contribution in [2.45, 2.75) is 58.1 Å². The fourth-order valence-electron chi connectivity index (χ4n) is 3.47. The van der Waals surface area contributed by atoms with Crippen LogP contribution in [0, 0.1) is 0 Å². The SMILES string of the molecule is CC(C)(C)OC(=O)NC(C(=O)NCCCNCCCCNCCCN)c1cc2ccccc2[nH]1. The van der Waals surface area contributed by atoms with Crippen LogP contribution in [-0.2, 0) is 9.53 Å². The highest BCUT2D eigenvalue weighted by molar-refractivity contribution is 5.89. The van der Waals surface area contributed by atoms with Crippen LogP contribution in [0.4, 0.5) is 4.79 Å². The minimum absolute atomic E-state index is 0.277. The van der Waals surface area contributed by atoms with E-state index in [1.807, 2.05) is 30.3 Å². The van der Waals surface area contributed by atoms with Gasteiger partial charge in [0.25, 0.3) is 0 Å². The van der Waals surface area contributed by atoms with Gasteiger partial charge in [0, 0.05) is 17.8 Å². The van der Waals surface area contributed by atoms with E-state index in [9.17, 15) is 9.59 Å². The lowest BCUT2D eigenvalue weighted by molar-refractivity contribution is -0.123. The standard InChI is InChI=1S/C25H42N6O3/c1-25(2,3)34-24(33)31-22(21-18-19-10-4-5-11-20(19)30-21)23(32)29-17-9-16-28-14-7-6-13-27-15-8-12-26/h4-5,10-11,18,22,27-28,30H,6-9,12-17,26H2,1-3H3,(H,29,32)(H,31,33). The lowest BCUT2D eigenvalue weighted by Gasteiger charge is -2.23. The Morgan fingerprint density at radius 2 is 1.62 bits per heavy atom. The van der Waals surface area contributed by atoms with Gasteiger partial charge in [-0.05, 0) is 96.7 Å². The molecule has 1 atom stereocenters. The van der Waals surface area contributed by atoms with Crippen molar-refractivity contribution < 1.29 is 14.3 Å². The Morgan fingerprint density at radius 1 is 0.971 bits per heavy atom. The third-order valence-corrected chi connectivity index (χ3v) is 5.13. The number of carbonyl (C=O) groups is 2. The number of fused-ring (bicyclic) bond motifs is 1. The number of nitrogens with two attached hydrogens (primary N) is 1. The molecule has 0 aliphatic rings. The van der Waals surface area contributed by atoms with Gasteiger partial charge in [-0.3, -0.25) is 4.79 Å². The summed E-state index contributed by atoms with van der Waals surface area (Å²) in [5.74, 6) is -0.277. The second-order valence-electron chi connectivity index (χ2n) is 9.39. The number of aromatic amines is 1. The Balaban J connectivity index is 1.78. The van der Waals surface area contributed by atoms with Crippen molar-refractivity contribution in [1.82, 2.24) is 26.3 Å². The van der Waals surface area contributed by atoms with E-state index in [1.165, 1.54) is 0 Å². The van der Waals surface area contributed by atoms with Gasteiger partial charge in [0.2, 0.25) is 5.91 Å². The maximum Gasteiger partial charge on any atom is 0.408 e. The highest BCUT2D eigenvalue weighted by Crippen LogP contribution is 2.21. The summed E-state index contributed by atoms with van der Waals surface area (Å²) in [7, 11) is 0. The third kappa shape index (κ3) is 10.5. The van der Waals surface area contributed by atoms with Crippen molar-refractivity contribution in [3.63, 3.8) is 0 Å². The van der Waals surface area contributed by atoms with Gasteiger partial charge < -0.3 is 36.7 Å². The quantitative estimate of drug-likeness (QED) is 0.220. The number of unbranched alkanes of at least 4 members (excludes halogenated alkanes) is 1. The molecule has 1 unspecified atom stereocenters. The molecule has 1 aromatic heterocycles. The normalized spacial score (nSPS) is 12.5. The summed E-state index contributed by atoms with van der Waals surface area (Å²) in [6.45, 7) is 10.4. The Hall–Kier alpha value is -2.62. The van der Waals surface area contributed by atoms with Gasteiger partial charge >= 0.3 is 6.09 Å². The van der Waals surface area contributed by atoms with Crippen LogP contribution in [0.2, 0.25) is 0 Å². The maximum atomic E-state index is 13.0. The number of carbonyl (C=O) groups excluding carboxylic acids is 2. The number of alkyl carbamates (subject to hydrolysis) is 1. The number of para-hydroxylation sites is 1. The van der Waals surface area contributed by atoms with Crippen LogP contribution in [0.1, 0.15) is 58.2 Å². The Morgan fingerprint density at radius 3 is 2.26 bits per heavy atom. The summed E-state index contributed by atoms with van der Waals surface area (Å²) < 4.78 is 5.37. The summed E-state index contributed by atoms with van der Waals surface area (Å²) in [4.78, 5) is 28.6. The van der Waals surface area contributed by atoms with Gasteiger partial charge in [0.15, 0.2) is 6.04 Å². The molecular weight excluding hydrogens is 432 g/mol. The molecule has 1 heterocycles. The first kappa shape index (κ1) is 27.6. The number of ether oxygens (including phenoxy) is 1. The lowest BCUT2D eigenvalue weighted by Crippen LogP contribution is -2.43. The van der Waals surface area contributed by atoms with Crippen LogP contribution in [-0.4, -0.2) is 61.9 Å². The molecule has 0 aliphatic carbocycles.